The van der Waals surface area contributed by atoms with Gasteiger partial charge in [0.15, 0.2) is 0 Å². The molecule has 5 nitrogen and oxygen atoms in total. The molecule has 20 heavy (non-hydrogen) atoms. The maximum atomic E-state index is 12.3. The second-order valence-electron chi connectivity index (χ2n) is 4.25. The van der Waals surface area contributed by atoms with Gasteiger partial charge in [0.1, 0.15) is 5.76 Å². The number of rotatable bonds is 6. The van der Waals surface area contributed by atoms with E-state index in [-0.39, 0.29) is 11.0 Å². The molecule has 0 radical (unpaired) electrons. The van der Waals surface area contributed by atoms with E-state index in [2.05, 4.69) is 4.98 Å². The standard InChI is InChI=1S/C13H15ClN2O3S/c1-16(9-7-11-4-2-3-8-15-11)20(17,18)13-6-5-12(10-14)19-13/h2-6,8H,7,9-10H2,1H3. The van der Waals surface area contributed by atoms with Gasteiger partial charge in [0.25, 0.3) is 10.0 Å². The molecule has 2 rings (SSSR count). The summed E-state index contributed by atoms with van der Waals surface area (Å²) < 4.78 is 30.9. The van der Waals surface area contributed by atoms with Gasteiger partial charge in [-0.3, -0.25) is 4.98 Å². The molecule has 0 aliphatic carbocycles. The summed E-state index contributed by atoms with van der Waals surface area (Å²) in [6.45, 7) is 0.330. The monoisotopic (exact) mass is 314 g/mol. The fraction of sp³-hybridized carbons (Fsp3) is 0.308. The lowest BCUT2D eigenvalue weighted by molar-refractivity contribution is 0.395. The second-order valence-corrected chi connectivity index (χ2v) is 6.50. The summed E-state index contributed by atoms with van der Waals surface area (Å²) in [5.41, 5.74) is 0.843. The van der Waals surface area contributed by atoms with Gasteiger partial charge in [0.2, 0.25) is 5.09 Å². The summed E-state index contributed by atoms with van der Waals surface area (Å²) in [5, 5.41) is -0.0864. The molecule has 0 bridgehead atoms. The highest BCUT2D eigenvalue weighted by Crippen LogP contribution is 2.19. The molecule has 0 N–H and O–H groups in total. The number of aromatic nitrogens is 1. The smallest absolute Gasteiger partial charge is 0.276 e. The Morgan fingerprint density at radius 1 is 1.30 bits per heavy atom. The van der Waals surface area contributed by atoms with Gasteiger partial charge >= 0.3 is 0 Å². The summed E-state index contributed by atoms with van der Waals surface area (Å²) in [7, 11) is -2.10. The third-order valence-electron chi connectivity index (χ3n) is 2.84. The molecule has 0 unspecified atom stereocenters. The fourth-order valence-corrected chi connectivity index (χ4v) is 2.90. The van der Waals surface area contributed by atoms with Crippen LogP contribution in [-0.4, -0.2) is 31.3 Å². The first kappa shape index (κ1) is 15.0. The zero-order valence-electron chi connectivity index (χ0n) is 11.0. The van der Waals surface area contributed by atoms with E-state index in [1.54, 1.807) is 12.3 Å². The minimum absolute atomic E-state index is 0.0864. The quantitative estimate of drug-likeness (QED) is 0.767. The molecular formula is C13H15ClN2O3S. The normalized spacial score (nSPS) is 11.9. The van der Waals surface area contributed by atoms with Crippen LogP contribution in [0.1, 0.15) is 11.5 Å². The highest BCUT2D eigenvalue weighted by molar-refractivity contribution is 7.89. The van der Waals surface area contributed by atoms with Crippen LogP contribution in [0.15, 0.2) is 46.0 Å². The molecule has 2 aromatic rings. The Morgan fingerprint density at radius 3 is 2.70 bits per heavy atom. The first-order chi connectivity index (χ1) is 9.54. The predicted molar refractivity (Wildman–Crippen MR) is 76.0 cm³/mol. The van der Waals surface area contributed by atoms with Gasteiger partial charge in [0, 0.05) is 31.9 Å². The van der Waals surface area contributed by atoms with E-state index in [9.17, 15) is 8.42 Å². The largest absolute Gasteiger partial charge is 0.447 e. The van der Waals surface area contributed by atoms with E-state index in [4.69, 9.17) is 16.0 Å². The van der Waals surface area contributed by atoms with Gasteiger partial charge in [-0.05, 0) is 24.3 Å². The number of halogens is 1. The van der Waals surface area contributed by atoms with E-state index in [0.29, 0.717) is 18.7 Å². The number of hydrogen-bond acceptors (Lipinski definition) is 4. The fourth-order valence-electron chi connectivity index (χ4n) is 1.66. The lowest BCUT2D eigenvalue weighted by Gasteiger charge is -2.14. The van der Waals surface area contributed by atoms with Crippen molar-refractivity contribution in [3.05, 3.63) is 48.0 Å². The molecule has 0 aliphatic rings. The van der Waals surface area contributed by atoms with Gasteiger partial charge < -0.3 is 4.42 Å². The Morgan fingerprint density at radius 2 is 2.10 bits per heavy atom. The third-order valence-corrected chi connectivity index (χ3v) is 4.84. The third kappa shape index (κ3) is 3.39. The Bertz CT molecular complexity index is 655. The number of pyridine rings is 1. The van der Waals surface area contributed by atoms with E-state index >= 15 is 0 Å². The first-order valence-electron chi connectivity index (χ1n) is 6.05. The lowest BCUT2D eigenvalue weighted by atomic mass is 10.3. The Kier molecular flexibility index (Phi) is 4.80. The number of alkyl halides is 1. The summed E-state index contributed by atoms with van der Waals surface area (Å²) in [4.78, 5) is 4.16. The molecule has 2 heterocycles. The highest BCUT2D eigenvalue weighted by Gasteiger charge is 2.24. The molecule has 0 saturated carbocycles. The Labute approximate surface area is 123 Å². The van der Waals surface area contributed by atoms with E-state index in [1.165, 1.54) is 17.4 Å². The van der Waals surface area contributed by atoms with Crippen molar-refractivity contribution in [3.8, 4) is 0 Å². The lowest BCUT2D eigenvalue weighted by Crippen LogP contribution is -2.28. The molecule has 0 fully saturated rings. The van der Waals surface area contributed by atoms with Crippen molar-refractivity contribution in [2.75, 3.05) is 13.6 Å². The molecule has 0 amide bonds. The zero-order chi connectivity index (χ0) is 14.6. The minimum Gasteiger partial charge on any atom is -0.447 e. The molecule has 0 spiro atoms. The van der Waals surface area contributed by atoms with Gasteiger partial charge in [-0.1, -0.05) is 6.07 Å². The van der Waals surface area contributed by atoms with Crippen LogP contribution in [0.4, 0.5) is 0 Å². The molecule has 2 aromatic heterocycles. The van der Waals surface area contributed by atoms with Crippen molar-refractivity contribution in [2.24, 2.45) is 0 Å². The molecule has 0 atom stereocenters. The van der Waals surface area contributed by atoms with Crippen molar-refractivity contribution in [2.45, 2.75) is 17.4 Å². The SMILES string of the molecule is CN(CCc1ccccn1)S(=O)(=O)c1ccc(CCl)o1. The highest BCUT2D eigenvalue weighted by atomic mass is 35.5. The average Bonchev–Trinajstić information content (AvgIpc) is 2.95. The zero-order valence-corrected chi connectivity index (χ0v) is 12.6. The van der Waals surface area contributed by atoms with Crippen LogP contribution in [0, 0.1) is 0 Å². The van der Waals surface area contributed by atoms with Crippen LogP contribution in [0.3, 0.4) is 0 Å². The van der Waals surface area contributed by atoms with Gasteiger partial charge in [-0.15, -0.1) is 11.6 Å². The van der Waals surface area contributed by atoms with E-state index in [1.807, 2.05) is 18.2 Å². The van der Waals surface area contributed by atoms with Gasteiger partial charge in [-0.25, -0.2) is 8.42 Å². The molecule has 0 aliphatic heterocycles. The van der Waals surface area contributed by atoms with Crippen molar-refractivity contribution in [1.82, 2.24) is 9.29 Å². The minimum atomic E-state index is -3.62. The summed E-state index contributed by atoms with van der Waals surface area (Å²) in [6, 6.07) is 8.53. The molecule has 7 heteroatoms. The van der Waals surface area contributed by atoms with Crippen molar-refractivity contribution in [1.29, 1.82) is 0 Å². The maximum Gasteiger partial charge on any atom is 0.276 e. The number of likely N-dealkylation sites (N-methyl/N-ethyl adjacent to an activating group) is 1. The predicted octanol–water partition coefficient (Wildman–Crippen LogP) is 2.28. The van der Waals surface area contributed by atoms with Crippen molar-refractivity contribution >= 4 is 21.6 Å². The number of furan rings is 1. The molecular weight excluding hydrogens is 300 g/mol. The second kappa shape index (κ2) is 6.39. The maximum absolute atomic E-state index is 12.3. The van der Waals surface area contributed by atoms with Gasteiger partial charge in [0.05, 0.1) is 5.88 Å². The molecule has 0 aromatic carbocycles. The van der Waals surface area contributed by atoms with Crippen LogP contribution >= 0.6 is 11.6 Å². The molecule has 0 saturated heterocycles. The van der Waals surface area contributed by atoms with Crippen molar-refractivity contribution < 1.29 is 12.8 Å². The number of hydrogen-bond donors (Lipinski definition) is 0. The molecule has 108 valence electrons. The first-order valence-corrected chi connectivity index (χ1v) is 8.02. The van der Waals surface area contributed by atoms with E-state index < -0.39 is 10.0 Å². The topological polar surface area (TPSA) is 63.4 Å². The van der Waals surface area contributed by atoms with Crippen molar-refractivity contribution in [3.63, 3.8) is 0 Å². The van der Waals surface area contributed by atoms with Crippen LogP contribution in [-0.2, 0) is 22.3 Å². The average molecular weight is 315 g/mol. The van der Waals surface area contributed by atoms with Crippen LogP contribution in [0.2, 0.25) is 0 Å². The van der Waals surface area contributed by atoms with Crippen LogP contribution in [0.5, 0.6) is 0 Å². The summed E-state index contributed by atoms with van der Waals surface area (Å²) >= 11 is 5.60. The van der Waals surface area contributed by atoms with Crippen LogP contribution in [0.25, 0.3) is 0 Å². The summed E-state index contributed by atoms with van der Waals surface area (Å²) in [6.07, 6.45) is 2.22. The summed E-state index contributed by atoms with van der Waals surface area (Å²) in [5.74, 6) is 0.580. The van der Waals surface area contributed by atoms with Gasteiger partial charge in [-0.2, -0.15) is 4.31 Å². The van der Waals surface area contributed by atoms with E-state index in [0.717, 1.165) is 5.69 Å². The van der Waals surface area contributed by atoms with Crippen LogP contribution < -0.4 is 0 Å². The Balaban J connectivity index is 2.05. The number of nitrogens with zero attached hydrogens (tertiary/aromatic N) is 2. The Hall–Kier alpha value is -1.37. The number of sulfonamides is 1.